The second kappa shape index (κ2) is 10.5. The molecule has 0 unspecified atom stereocenters. The highest BCUT2D eigenvalue weighted by atomic mass is 32.2. The fraction of sp³-hybridized carbons (Fsp3) is 0.500. The highest BCUT2D eigenvalue weighted by Crippen LogP contribution is 2.32. The molecule has 182 valence electrons. The van der Waals surface area contributed by atoms with E-state index in [4.69, 9.17) is 9.72 Å². The van der Waals surface area contributed by atoms with Crippen LogP contribution in [0.4, 0.5) is 0 Å². The predicted molar refractivity (Wildman–Crippen MR) is 141 cm³/mol. The Morgan fingerprint density at radius 1 is 1.21 bits per heavy atom. The van der Waals surface area contributed by atoms with Gasteiger partial charge >= 0.3 is 0 Å². The van der Waals surface area contributed by atoms with Crippen molar-refractivity contribution in [3.8, 4) is 11.4 Å². The van der Waals surface area contributed by atoms with E-state index in [-0.39, 0.29) is 29.3 Å². The van der Waals surface area contributed by atoms with Crippen LogP contribution >= 0.6 is 23.1 Å². The molecule has 0 aliphatic carbocycles. The maximum atomic E-state index is 13.8. The second-order valence-electron chi connectivity index (χ2n) is 9.03. The number of benzene rings is 1. The second-order valence-corrected chi connectivity index (χ2v) is 11.1. The van der Waals surface area contributed by atoms with Crippen molar-refractivity contribution in [3.63, 3.8) is 0 Å². The fourth-order valence-corrected chi connectivity index (χ4v) is 7.05. The maximum Gasteiger partial charge on any atom is 0.267 e. The van der Waals surface area contributed by atoms with Gasteiger partial charge in [-0.3, -0.25) is 14.2 Å². The molecule has 1 fully saturated rings. The van der Waals surface area contributed by atoms with Gasteiger partial charge in [-0.25, -0.2) is 4.98 Å². The van der Waals surface area contributed by atoms with E-state index in [1.54, 1.807) is 23.0 Å². The number of piperidine rings is 1. The van der Waals surface area contributed by atoms with E-state index in [9.17, 15) is 9.59 Å². The summed E-state index contributed by atoms with van der Waals surface area (Å²) in [5.41, 5.74) is 1.66. The smallest absolute Gasteiger partial charge is 0.267 e. The molecule has 1 aromatic carbocycles. The van der Waals surface area contributed by atoms with E-state index in [2.05, 4.69) is 20.8 Å². The zero-order valence-electron chi connectivity index (χ0n) is 20.6. The first kappa shape index (κ1) is 24.8. The molecule has 34 heavy (non-hydrogen) atoms. The molecule has 1 saturated heterocycles. The molecule has 4 rings (SSSR count). The summed E-state index contributed by atoms with van der Waals surface area (Å²) in [6.45, 7) is 8.40. The molecule has 2 atom stereocenters. The molecular weight excluding hydrogens is 466 g/mol. The zero-order chi connectivity index (χ0) is 24.4. The van der Waals surface area contributed by atoms with Gasteiger partial charge in [0.25, 0.3) is 5.56 Å². The average molecular weight is 500 g/mol. The van der Waals surface area contributed by atoms with Crippen molar-refractivity contribution in [3.05, 3.63) is 45.1 Å². The third kappa shape index (κ3) is 4.75. The number of methoxy groups -OCH3 is 1. The number of likely N-dealkylation sites (tertiary alicyclic amines) is 1. The maximum absolute atomic E-state index is 13.8. The topological polar surface area (TPSA) is 64.4 Å². The normalized spacial score (nSPS) is 18.4. The Kier molecular flexibility index (Phi) is 7.67. The van der Waals surface area contributed by atoms with Crippen LogP contribution in [-0.4, -0.2) is 45.3 Å². The van der Waals surface area contributed by atoms with Crippen LogP contribution in [0.15, 0.2) is 34.2 Å². The lowest BCUT2D eigenvalue weighted by molar-refractivity contribution is -0.134. The Morgan fingerprint density at radius 2 is 1.88 bits per heavy atom. The highest BCUT2D eigenvalue weighted by molar-refractivity contribution is 7.99. The summed E-state index contributed by atoms with van der Waals surface area (Å²) in [5, 5.41) is 1.23. The van der Waals surface area contributed by atoms with Crippen molar-refractivity contribution in [2.24, 2.45) is 0 Å². The zero-order valence-corrected chi connectivity index (χ0v) is 22.2. The van der Waals surface area contributed by atoms with Gasteiger partial charge in [-0.05, 0) is 76.3 Å². The molecule has 0 N–H and O–H groups in total. The van der Waals surface area contributed by atoms with Gasteiger partial charge < -0.3 is 9.64 Å². The number of nitrogens with zero attached hydrogens (tertiary/aromatic N) is 3. The molecule has 1 aliphatic heterocycles. The van der Waals surface area contributed by atoms with Gasteiger partial charge in [0.05, 0.1) is 23.9 Å². The molecule has 3 heterocycles. The van der Waals surface area contributed by atoms with E-state index < -0.39 is 0 Å². The van der Waals surface area contributed by atoms with E-state index >= 15 is 0 Å². The van der Waals surface area contributed by atoms with Crippen LogP contribution in [0.3, 0.4) is 0 Å². The molecule has 3 aromatic rings. The first-order chi connectivity index (χ1) is 16.3. The van der Waals surface area contributed by atoms with Crippen LogP contribution in [0.1, 0.15) is 56.9 Å². The highest BCUT2D eigenvalue weighted by Gasteiger charge is 2.29. The Morgan fingerprint density at radius 3 is 2.50 bits per heavy atom. The SMILES string of the molecule is CCCc1sc2nc(SCC(=O)N3[C@@H](C)CCC[C@@H]3C)n(-c3ccc(OC)cc3)c(=O)c2c1C. The fourth-order valence-electron chi connectivity index (χ4n) is 4.85. The van der Waals surface area contributed by atoms with Gasteiger partial charge in [-0.15, -0.1) is 11.3 Å². The summed E-state index contributed by atoms with van der Waals surface area (Å²) in [7, 11) is 1.62. The first-order valence-electron chi connectivity index (χ1n) is 12.0. The number of aromatic nitrogens is 2. The number of hydrogen-bond acceptors (Lipinski definition) is 6. The van der Waals surface area contributed by atoms with E-state index in [1.807, 2.05) is 36.1 Å². The van der Waals surface area contributed by atoms with E-state index in [1.165, 1.54) is 16.6 Å². The minimum Gasteiger partial charge on any atom is -0.497 e. The van der Waals surface area contributed by atoms with Gasteiger partial charge in [0.15, 0.2) is 5.16 Å². The number of aryl methyl sites for hydroxylation is 2. The van der Waals surface area contributed by atoms with Gasteiger partial charge in [-0.1, -0.05) is 25.1 Å². The van der Waals surface area contributed by atoms with Crippen LogP contribution < -0.4 is 10.3 Å². The average Bonchev–Trinajstić information content (AvgIpc) is 3.13. The van der Waals surface area contributed by atoms with E-state index in [0.29, 0.717) is 10.5 Å². The third-order valence-corrected chi connectivity index (χ3v) is 8.82. The molecule has 1 aliphatic rings. The summed E-state index contributed by atoms with van der Waals surface area (Å²) in [6, 6.07) is 7.89. The number of carbonyl (C=O) groups is 1. The number of fused-ring (bicyclic) bond motifs is 1. The Labute approximate surface area is 209 Å². The van der Waals surface area contributed by atoms with E-state index in [0.717, 1.165) is 53.9 Å². The number of thioether (sulfide) groups is 1. The minimum atomic E-state index is -0.0825. The largest absolute Gasteiger partial charge is 0.497 e. The Balaban J connectivity index is 1.75. The third-order valence-electron chi connectivity index (χ3n) is 6.65. The molecule has 1 amide bonds. The van der Waals surface area contributed by atoms with Crippen LogP contribution in [0, 0.1) is 6.92 Å². The van der Waals surface area contributed by atoms with Crippen molar-refractivity contribution >= 4 is 39.2 Å². The standard InChI is InChI=1S/C26H33N3O3S2/c1-6-8-21-18(4)23-24(34-21)27-26(29(25(23)31)19-11-13-20(32-5)14-12-19)33-15-22(30)28-16(2)9-7-10-17(28)3/h11-14,16-17H,6-10,15H2,1-5H3/t16-,17-/m0/s1. The monoisotopic (exact) mass is 499 g/mol. The van der Waals surface area contributed by atoms with Gasteiger partial charge in [0.1, 0.15) is 10.6 Å². The van der Waals surface area contributed by atoms with Crippen molar-refractivity contribution in [1.29, 1.82) is 0 Å². The van der Waals surface area contributed by atoms with Crippen molar-refractivity contribution in [2.45, 2.75) is 77.0 Å². The first-order valence-corrected chi connectivity index (χ1v) is 13.8. The lowest BCUT2D eigenvalue weighted by Crippen LogP contribution is -2.48. The van der Waals surface area contributed by atoms with Crippen molar-refractivity contribution < 1.29 is 9.53 Å². The summed E-state index contributed by atoms with van der Waals surface area (Å²) in [5.74, 6) is 1.09. The van der Waals surface area contributed by atoms with Crippen molar-refractivity contribution in [1.82, 2.24) is 14.5 Å². The molecule has 6 nitrogen and oxygen atoms in total. The summed E-state index contributed by atoms with van der Waals surface area (Å²) >= 11 is 2.95. The van der Waals surface area contributed by atoms with Crippen LogP contribution in [0.25, 0.3) is 15.9 Å². The predicted octanol–water partition coefficient (Wildman–Crippen LogP) is 5.60. The lowest BCUT2D eigenvalue weighted by atomic mass is 9.98. The molecule has 0 saturated carbocycles. The molecule has 0 spiro atoms. The molecule has 0 bridgehead atoms. The summed E-state index contributed by atoms with van der Waals surface area (Å²) in [4.78, 5) is 35.9. The van der Waals surface area contributed by atoms with Crippen LogP contribution in [0.2, 0.25) is 0 Å². The van der Waals surface area contributed by atoms with Gasteiger partial charge in [-0.2, -0.15) is 0 Å². The lowest BCUT2D eigenvalue weighted by Gasteiger charge is -2.39. The minimum absolute atomic E-state index is 0.0825. The molecular formula is C26H33N3O3S2. The molecule has 2 aromatic heterocycles. The summed E-state index contributed by atoms with van der Waals surface area (Å²) in [6.07, 6.45) is 5.18. The van der Waals surface area contributed by atoms with Crippen LogP contribution in [0.5, 0.6) is 5.75 Å². The summed E-state index contributed by atoms with van der Waals surface area (Å²) < 4.78 is 6.95. The molecule has 0 radical (unpaired) electrons. The number of rotatable bonds is 7. The number of ether oxygens (including phenoxy) is 1. The Bertz CT molecular complexity index is 1220. The van der Waals surface area contributed by atoms with Gasteiger partial charge in [0.2, 0.25) is 5.91 Å². The van der Waals surface area contributed by atoms with Crippen LogP contribution in [-0.2, 0) is 11.2 Å². The van der Waals surface area contributed by atoms with Gasteiger partial charge in [0, 0.05) is 17.0 Å². The number of hydrogen-bond donors (Lipinski definition) is 0. The van der Waals surface area contributed by atoms with Crippen molar-refractivity contribution in [2.75, 3.05) is 12.9 Å². The Hall–Kier alpha value is -2.32. The number of thiophene rings is 1. The molecule has 8 heteroatoms. The quantitative estimate of drug-likeness (QED) is 0.313. The number of carbonyl (C=O) groups excluding carboxylic acids is 1. The number of amides is 1.